The van der Waals surface area contributed by atoms with Gasteiger partial charge in [-0.1, -0.05) is 66.7 Å². The van der Waals surface area contributed by atoms with Crippen LogP contribution in [0.2, 0.25) is 0 Å². The quantitative estimate of drug-likeness (QED) is 0.314. The Hall–Kier alpha value is -4.39. The first-order valence-corrected chi connectivity index (χ1v) is 12.4. The summed E-state index contributed by atoms with van der Waals surface area (Å²) >= 11 is 0. The molecule has 3 aromatic carbocycles. The van der Waals surface area contributed by atoms with Crippen molar-refractivity contribution >= 4 is 23.4 Å². The fraction of sp³-hybridized carbons (Fsp3) is 0.233. The molecule has 1 heterocycles. The SMILES string of the molecule is Cc1ccccc1NC(=O)N(CC(=O)Nc1c(-c2ccccc2)c(C)nn1-c1ccccc1C)C(C)C. The van der Waals surface area contributed by atoms with E-state index in [4.69, 9.17) is 5.10 Å². The number of hydrogen-bond donors (Lipinski definition) is 2. The second-order valence-corrected chi connectivity index (χ2v) is 9.39. The van der Waals surface area contributed by atoms with E-state index in [1.807, 2.05) is 113 Å². The summed E-state index contributed by atoms with van der Waals surface area (Å²) in [6, 6.07) is 24.8. The molecule has 0 aliphatic rings. The Morgan fingerprint density at radius 1 is 0.838 bits per heavy atom. The Morgan fingerprint density at radius 3 is 2.11 bits per heavy atom. The molecular formula is C30H33N5O2. The highest BCUT2D eigenvalue weighted by Gasteiger charge is 2.24. The number of carbonyl (C=O) groups is 2. The Labute approximate surface area is 218 Å². The molecule has 0 unspecified atom stereocenters. The van der Waals surface area contributed by atoms with Gasteiger partial charge < -0.3 is 15.5 Å². The van der Waals surface area contributed by atoms with Gasteiger partial charge in [-0.25, -0.2) is 9.48 Å². The first kappa shape index (κ1) is 25.7. The molecule has 0 saturated carbocycles. The zero-order valence-corrected chi connectivity index (χ0v) is 21.9. The molecule has 0 bridgehead atoms. The minimum atomic E-state index is -0.327. The molecule has 4 aromatic rings. The van der Waals surface area contributed by atoms with Crippen LogP contribution in [0.1, 0.15) is 30.7 Å². The number of nitrogens with one attached hydrogen (secondary N) is 2. The van der Waals surface area contributed by atoms with Gasteiger partial charge in [0.1, 0.15) is 12.4 Å². The molecule has 2 N–H and O–H groups in total. The van der Waals surface area contributed by atoms with Gasteiger partial charge in [-0.3, -0.25) is 4.79 Å². The first-order chi connectivity index (χ1) is 17.8. The molecule has 7 nitrogen and oxygen atoms in total. The number of anilines is 2. The Kier molecular flexibility index (Phi) is 7.72. The third-order valence-electron chi connectivity index (χ3n) is 6.31. The number of carbonyl (C=O) groups excluding carboxylic acids is 2. The van der Waals surface area contributed by atoms with Crippen molar-refractivity contribution in [3.8, 4) is 16.8 Å². The van der Waals surface area contributed by atoms with Crippen molar-refractivity contribution < 1.29 is 9.59 Å². The van der Waals surface area contributed by atoms with Gasteiger partial charge >= 0.3 is 6.03 Å². The van der Waals surface area contributed by atoms with Crippen LogP contribution >= 0.6 is 0 Å². The summed E-state index contributed by atoms with van der Waals surface area (Å²) in [5.74, 6) is 0.270. The number of hydrogen-bond acceptors (Lipinski definition) is 3. The van der Waals surface area contributed by atoms with E-state index in [2.05, 4.69) is 10.6 Å². The predicted molar refractivity (Wildman–Crippen MR) is 149 cm³/mol. The molecule has 3 amide bonds. The zero-order valence-electron chi connectivity index (χ0n) is 21.9. The van der Waals surface area contributed by atoms with Crippen LogP contribution in [-0.2, 0) is 4.79 Å². The molecule has 0 saturated heterocycles. The van der Waals surface area contributed by atoms with E-state index in [-0.39, 0.29) is 24.5 Å². The third-order valence-corrected chi connectivity index (χ3v) is 6.31. The standard InChI is InChI=1S/C30H33N5O2/c1-20(2)34(30(37)31-25-17-11-9-13-21(25)3)19-27(36)32-29-28(24-15-7-6-8-16-24)23(5)33-35(29)26-18-12-10-14-22(26)4/h6-18,20H,19H2,1-5H3,(H,31,37)(H,32,36). The van der Waals surface area contributed by atoms with Gasteiger partial charge in [-0.15, -0.1) is 0 Å². The van der Waals surface area contributed by atoms with Gasteiger partial charge in [0.2, 0.25) is 5.91 Å². The molecule has 0 atom stereocenters. The van der Waals surface area contributed by atoms with Crippen molar-refractivity contribution in [1.29, 1.82) is 0 Å². The summed E-state index contributed by atoms with van der Waals surface area (Å²) in [6.07, 6.45) is 0. The summed E-state index contributed by atoms with van der Waals surface area (Å²) < 4.78 is 1.78. The first-order valence-electron chi connectivity index (χ1n) is 12.4. The maximum absolute atomic E-state index is 13.4. The number of amides is 3. The molecule has 7 heteroatoms. The molecule has 4 rings (SSSR count). The summed E-state index contributed by atoms with van der Waals surface area (Å²) in [6.45, 7) is 9.55. The third kappa shape index (κ3) is 5.72. The van der Waals surface area contributed by atoms with Gasteiger partial charge in [0.15, 0.2) is 0 Å². The summed E-state index contributed by atoms with van der Waals surface area (Å²) in [5, 5.41) is 10.8. The van der Waals surface area contributed by atoms with E-state index in [1.165, 1.54) is 4.90 Å². The number of para-hydroxylation sites is 2. The van der Waals surface area contributed by atoms with E-state index in [0.717, 1.165) is 39.3 Å². The average Bonchev–Trinajstić information content (AvgIpc) is 3.19. The van der Waals surface area contributed by atoms with Crippen LogP contribution < -0.4 is 10.6 Å². The topological polar surface area (TPSA) is 79.3 Å². The van der Waals surface area contributed by atoms with Crippen LogP contribution in [0, 0.1) is 20.8 Å². The molecule has 1 aromatic heterocycles. The highest BCUT2D eigenvalue weighted by molar-refractivity contribution is 5.99. The van der Waals surface area contributed by atoms with Gasteiger partial charge in [0, 0.05) is 17.3 Å². The number of rotatable bonds is 7. The lowest BCUT2D eigenvalue weighted by Crippen LogP contribution is -2.44. The minimum absolute atomic E-state index is 0.110. The van der Waals surface area contributed by atoms with E-state index in [9.17, 15) is 9.59 Å². The Bertz CT molecular complexity index is 1410. The second-order valence-electron chi connectivity index (χ2n) is 9.39. The highest BCUT2D eigenvalue weighted by Crippen LogP contribution is 2.34. The molecule has 0 spiro atoms. The van der Waals surface area contributed by atoms with Crippen molar-refractivity contribution in [1.82, 2.24) is 14.7 Å². The number of nitrogens with zero attached hydrogens (tertiary/aromatic N) is 3. The lowest BCUT2D eigenvalue weighted by molar-refractivity contribution is -0.117. The van der Waals surface area contributed by atoms with E-state index in [0.29, 0.717) is 5.82 Å². The van der Waals surface area contributed by atoms with Gasteiger partial charge in [0.05, 0.1) is 11.4 Å². The van der Waals surface area contributed by atoms with Crippen molar-refractivity contribution in [2.24, 2.45) is 0 Å². The molecule has 37 heavy (non-hydrogen) atoms. The summed E-state index contributed by atoms with van der Waals surface area (Å²) in [7, 11) is 0. The highest BCUT2D eigenvalue weighted by atomic mass is 16.2. The van der Waals surface area contributed by atoms with Crippen molar-refractivity contribution in [2.75, 3.05) is 17.2 Å². The van der Waals surface area contributed by atoms with Crippen LogP contribution in [0.4, 0.5) is 16.3 Å². The molecule has 0 aliphatic heterocycles. The number of urea groups is 1. The van der Waals surface area contributed by atoms with Gasteiger partial charge in [-0.05, 0) is 63.4 Å². The Morgan fingerprint density at radius 2 is 1.46 bits per heavy atom. The molecule has 0 fully saturated rings. The maximum atomic E-state index is 13.4. The van der Waals surface area contributed by atoms with Crippen LogP contribution in [0.3, 0.4) is 0 Å². The van der Waals surface area contributed by atoms with E-state index < -0.39 is 0 Å². The van der Waals surface area contributed by atoms with Crippen molar-refractivity contribution in [3.05, 3.63) is 95.7 Å². The van der Waals surface area contributed by atoms with E-state index >= 15 is 0 Å². The second kappa shape index (κ2) is 11.1. The summed E-state index contributed by atoms with van der Waals surface area (Å²) in [4.78, 5) is 28.1. The van der Waals surface area contributed by atoms with Crippen molar-refractivity contribution in [2.45, 2.75) is 40.7 Å². The molecular weight excluding hydrogens is 462 g/mol. The average molecular weight is 496 g/mol. The van der Waals surface area contributed by atoms with Crippen LogP contribution in [-0.4, -0.2) is 39.2 Å². The van der Waals surface area contributed by atoms with Gasteiger partial charge in [0.25, 0.3) is 0 Å². The zero-order chi connectivity index (χ0) is 26.5. The van der Waals surface area contributed by atoms with Crippen molar-refractivity contribution in [3.63, 3.8) is 0 Å². The monoisotopic (exact) mass is 495 g/mol. The molecule has 0 radical (unpaired) electrons. The van der Waals surface area contributed by atoms with Crippen LogP contribution in [0.25, 0.3) is 16.8 Å². The molecule has 0 aliphatic carbocycles. The fourth-order valence-corrected chi connectivity index (χ4v) is 4.28. The van der Waals surface area contributed by atoms with Crippen LogP contribution in [0.15, 0.2) is 78.9 Å². The molecule has 190 valence electrons. The lowest BCUT2D eigenvalue weighted by atomic mass is 10.1. The predicted octanol–water partition coefficient (Wildman–Crippen LogP) is 6.35. The summed E-state index contributed by atoms with van der Waals surface area (Å²) in [5.41, 5.74) is 6.17. The maximum Gasteiger partial charge on any atom is 0.322 e. The normalized spacial score (nSPS) is 10.9. The number of benzene rings is 3. The van der Waals surface area contributed by atoms with Crippen LogP contribution in [0.5, 0.6) is 0 Å². The minimum Gasteiger partial charge on any atom is -0.313 e. The van der Waals surface area contributed by atoms with Gasteiger partial charge in [-0.2, -0.15) is 5.10 Å². The van der Waals surface area contributed by atoms with E-state index in [1.54, 1.807) is 4.68 Å². The largest absolute Gasteiger partial charge is 0.322 e. The number of aryl methyl sites for hydroxylation is 3. The fourth-order valence-electron chi connectivity index (χ4n) is 4.28. The smallest absolute Gasteiger partial charge is 0.313 e. The lowest BCUT2D eigenvalue weighted by Gasteiger charge is -2.27. The Balaban J connectivity index is 1.66. The number of aromatic nitrogens is 2.